The van der Waals surface area contributed by atoms with Crippen molar-refractivity contribution in [1.29, 1.82) is 0 Å². The minimum atomic E-state index is -0.841. The monoisotopic (exact) mass is 455 g/mol. The Morgan fingerprint density at radius 3 is 2.37 bits per heavy atom. The summed E-state index contributed by atoms with van der Waals surface area (Å²) < 4.78 is 29.5. The molecule has 0 N–H and O–H groups in total. The van der Waals surface area contributed by atoms with Gasteiger partial charge in [0.25, 0.3) is 11.8 Å². The van der Waals surface area contributed by atoms with E-state index < -0.39 is 30.2 Å². The fourth-order valence-electron chi connectivity index (χ4n) is 3.31. The van der Waals surface area contributed by atoms with Gasteiger partial charge in [-0.2, -0.15) is 0 Å². The molecule has 10 heteroatoms. The van der Waals surface area contributed by atoms with Crippen LogP contribution >= 0.6 is 23.8 Å². The van der Waals surface area contributed by atoms with Gasteiger partial charge in [-0.25, -0.2) is 14.1 Å². The maximum Gasteiger partial charge on any atom is 0.344 e. The Labute approximate surface area is 182 Å². The van der Waals surface area contributed by atoms with Gasteiger partial charge in [0.2, 0.25) is 0 Å². The number of esters is 1. The lowest BCUT2D eigenvalue weighted by Gasteiger charge is -2.18. The van der Waals surface area contributed by atoms with Crippen LogP contribution in [0.2, 0.25) is 5.02 Å². The van der Waals surface area contributed by atoms with E-state index in [4.69, 9.17) is 38.0 Å². The predicted molar refractivity (Wildman–Crippen MR) is 110 cm³/mol. The lowest BCUT2D eigenvalue weighted by molar-refractivity contribution is -0.147. The van der Waals surface area contributed by atoms with Crippen LogP contribution in [-0.4, -0.2) is 49.8 Å². The predicted octanol–water partition coefficient (Wildman–Crippen LogP) is 3.10. The lowest BCUT2D eigenvalue weighted by atomic mass is 9.93. The van der Waals surface area contributed by atoms with Crippen molar-refractivity contribution in [2.24, 2.45) is 0 Å². The Hall–Kier alpha value is -2.36. The van der Waals surface area contributed by atoms with E-state index in [0.29, 0.717) is 24.0 Å². The van der Waals surface area contributed by atoms with Crippen LogP contribution in [0.4, 0.5) is 10.1 Å². The molecule has 1 aromatic carbocycles. The second kappa shape index (κ2) is 9.63. The molecule has 2 amide bonds. The number of halogens is 2. The third-order valence-corrected chi connectivity index (χ3v) is 5.41. The molecule has 2 aliphatic rings. The number of thiocarbonyl (C=S) groups is 1. The number of anilines is 1. The van der Waals surface area contributed by atoms with E-state index in [2.05, 4.69) is 0 Å². The molecule has 0 saturated carbocycles. The highest BCUT2D eigenvalue weighted by Crippen LogP contribution is 2.38. The van der Waals surface area contributed by atoms with Gasteiger partial charge in [-0.05, 0) is 50.0 Å². The van der Waals surface area contributed by atoms with Crippen LogP contribution in [0.5, 0.6) is 0 Å². The number of rotatable bonds is 7. The summed E-state index contributed by atoms with van der Waals surface area (Å²) >= 11 is 11.2. The van der Waals surface area contributed by atoms with Crippen LogP contribution in [0.3, 0.4) is 0 Å². The molecular formula is C20H19ClFNO6S. The van der Waals surface area contributed by atoms with Crippen LogP contribution in [-0.2, 0) is 28.6 Å². The Balaban J connectivity index is 1.78. The van der Waals surface area contributed by atoms with E-state index in [1.807, 2.05) is 0 Å². The summed E-state index contributed by atoms with van der Waals surface area (Å²) in [5.41, 5.74) is 0.685. The second-order valence-electron chi connectivity index (χ2n) is 6.68. The molecule has 3 rings (SSSR count). The van der Waals surface area contributed by atoms with Crippen LogP contribution in [0.15, 0.2) is 23.3 Å². The van der Waals surface area contributed by atoms with Gasteiger partial charge >= 0.3 is 5.97 Å². The van der Waals surface area contributed by atoms with Crippen LogP contribution in [0.25, 0.3) is 0 Å². The van der Waals surface area contributed by atoms with Crippen LogP contribution in [0, 0.1) is 5.82 Å². The molecule has 0 aromatic heterocycles. The van der Waals surface area contributed by atoms with Gasteiger partial charge in [-0.3, -0.25) is 9.59 Å². The van der Waals surface area contributed by atoms with Gasteiger partial charge in [0.1, 0.15) is 12.4 Å². The zero-order valence-corrected chi connectivity index (χ0v) is 17.7. The highest BCUT2D eigenvalue weighted by Gasteiger charge is 2.41. The number of imide groups is 1. The van der Waals surface area contributed by atoms with Gasteiger partial charge in [-0.1, -0.05) is 11.6 Å². The maximum atomic E-state index is 14.6. The summed E-state index contributed by atoms with van der Waals surface area (Å²) in [6.07, 6.45) is 2.59. The van der Waals surface area contributed by atoms with E-state index in [1.54, 1.807) is 0 Å². The van der Waals surface area contributed by atoms with Crippen molar-refractivity contribution in [3.63, 3.8) is 0 Å². The molecule has 7 nitrogen and oxygen atoms in total. The molecule has 0 saturated heterocycles. The molecule has 160 valence electrons. The van der Waals surface area contributed by atoms with Crippen molar-refractivity contribution < 1.29 is 33.0 Å². The Kier molecular flexibility index (Phi) is 7.17. The number of hydrogen-bond donors (Lipinski definition) is 0. The quantitative estimate of drug-likeness (QED) is 0.270. The molecule has 0 atom stereocenters. The summed E-state index contributed by atoms with van der Waals surface area (Å²) in [5.74, 6) is -2.58. The fraction of sp³-hybridized carbons (Fsp3) is 0.400. The van der Waals surface area contributed by atoms with Crippen molar-refractivity contribution in [2.45, 2.75) is 25.7 Å². The van der Waals surface area contributed by atoms with Crippen molar-refractivity contribution in [2.75, 3.05) is 31.8 Å². The number of benzene rings is 1. The average molecular weight is 456 g/mol. The topological polar surface area (TPSA) is 82.1 Å². The maximum absolute atomic E-state index is 14.6. The zero-order valence-electron chi connectivity index (χ0n) is 16.2. The van der Waals surface area contributed by atoms with Crippen molar-refractivity contribution in [3.05, 3.63) is 39.7 Å². The Bertz CT molecular complexity index is 919. The molecule has 1 aliphatic carbocycles. The average Bonchev–Trinajstić information content (AvgIpc) is 2.97. The largest absolute Gasteiger partial charge is 0.471 e. The van der Waals surface area contributed by atoms with E-state index in [-0.39, 0.29) is 34.5 Å². The third-order valence-electron chi connectivity index (χ3n) is 4.76. The zero-order chi connectivity index (χ0) is 21.8. The van der Waals surface area contributed by atoms with E-state index >= 15 is 0 Å². The summed E-state index contributed by atoms with van der Waals surface area (Å²) in [6, 6.07) is 2.14. The molecule has 0 fully saturated rings. The van der Waals surface area contributed by atoms with Gasteiger partial charge in [-0.15, -0.1) is 0 Å². The molecule has 0 spiro atoms. The second-order valence-corrected chi connectivity index (χ2v) is 7.46. The van der Waals surface area contributed by atoms with Crippen molar-refractivity contribution in [1.82, 2.24) is 0 Å². The first-order valence-electron chi connectivity index (χ1n) is 9.26. The number of methoxy groups -OCH3 is 1. The molecule has 30 heavy (non-hydrogen) atoms. The molecule has 1 heterocycles. The Morgan fingerprint density at radius 2 is 1.77 bits per heavy atom. The first kappa shape index (κ1) is 22.3. The van der Waals surface area contributed by atoms with Crippen molar-refractivity contribution >= 4 is 52.3 Å². The molecule has 0 radical (unpaired) electrons. The number of amides is 2. The molecule has 0 unspecified atom stereocenters. The summed E-state index contributed by atoms with van der Waals surface area (Å²) in [6.45, 7) is -0.188. The minimum Gasteiger partial charge on any atom is -0.471 e. The molecule has 1 aliphatic heterocycles. The van der Waals surface area contributed by atoms with Gasteiger partial charge in [0, 0.05) is 23.8 Å². The SMILES string of the molecule is COCCOC(=O)COC(=S)c1cc(N2C(=O)C3=C(CCCC3)C2=O)c(F)cc1Cl. The number of nitrogens with zero attached hydrogens (tertiary/aromatic N) is 1. The van der Waals surface area contributed by atoms with E-state index in [9.17, 15) is 18.8 Å². The summed E-state index contributed by atoms with van der Waals surface area (Å²) in [4.78, 5) is 37.9. The van der Waals surface area contributed by atoms with Crippen LogP contribution < -0.4 is 4.90 Å². The minimum absolute atomic E-state index is 0.0593. The highest BCUT2D eigenvalue weighted by molar-refractivity contribution is 7.80. The van der Waals surface area contributed by atoms with Crippen LogP contribution in [0.1, 0.15) is 31.2 Å². The normalized spacial score (nSPS) is 16.0. The highest BCUT2D eigenvalue weighted by atomic mass is 35.5. The number of hydrogen-bond acceptors (Lipinski definition) is 7. The fourth-order valence-corrected chi connectivity index (χ4v) is 3.83. The number of ether oxygens (including phenoxy) is 3. The Morgan fingerprint density at radius 1 is 1.13 bits per heavy atom. The molecule has 0 bridgehead atoms. The summed E-state index contributed by atoms with van der Waals surface area (Å²) in [7, 11) is 1.47. The third kappa shape index (κ3) is 4.53. The van der Waals surface area contributed by atoms with Gasteiger partial charge < -0.3 is 14.2 Å². The lowest BCUT2D eigenvalue weighted by Crippen LogP contribution is -2.32. The number of carbonyl (C=O) groups is 3. The first-order valence-corrected chi connectivity index (χ1v) is 10.0. The molecule has 1 aromatic rings. The number of carbonyl (C=O) groups excluding carboxylic acids is 3. The smallest absolute Gasteiger partial charge is 0.344 e. The van der Waals surface area contributed by atoms with E-state index in [1.165, 1.54) is 13.2 Å². The summed E-state index contributed by atoms with van der Waals surface area (Å²) in [5, 5.41) is -0.271. The van der Waals surface area contributed by atoms with Gasteiger partial charge in [0.15, 0.2) is 11.7 Å². The van der Waals surface area contributed by atoms with E-state index in [0.717, 1.165) is 23.8 Å². The van der Waals surface area contributed by atoms with Crippen molar-refractivity contribution in [3.8, 4) is 0 Å². The first-order chi connectivity index (χ1) is 14.3. The standard InChI is InChI=1S/C20H19ClFNO6S/c1-27-6-7-28-17(24)10-29-20(30)13-8-16(15(22)9-14(13)21)23-18(25)11-4-2-3-5-12(11)19(23)26/h8-9H,2-7,10H2,1H3. The van der Waals surface area contributed by atoms with Gasteiger partial charge in [0.05, 0.1) is 17.3 Å². The molecular weight excluding hydrogens is 437 g/mol.